The van der Waals surface area contributed by atoms with E-state index in [-0.39, 0.29) is 12.6 Å². The van der Waals surface area contributed by atoms with Crippen molar-refractivity contribution in [3.05, 3.63) is 0 Å². The number of carbonyl (C=O) groups excluding carboxylic acids is 1. The molecule has 5 heteroatoms. The average Bonchev–Trinajstić information content (AvgIpc) is 2.21. The summed E-state index contributed by atoms with van der Waals surface area (Å²) in [5, 5.41) is 9.19. The van der Waals surface area contributed by atoms with Gasteiger partial charge in [0.15, 0.2) is 0 Å². The second-order valence-electron chi connectivity index (χ2n) is 4.14. The molecular formula is C10H17NO4. The van der Waals surface area contributed by atoms with Crippen molar-refractivity contribution in [2.45, 2.75) is 38.1 Å². The van der Waals surface area contributed by atoms with Crippen LogP contribution >= 0.6 is 0 Å². The zero-order chi connectivity index (χ0) is 11.3. The van der Waals surface area contributed by atoms with Crippen LogP contribution in [-0.4, -0.2) is 30.2 Å². The topological polar surface area (TPSA) is 89.6 Å². The third-order valence-corrected chi connectivity index (χ3v) is 3.21. The summed E-state index contributed by atoms with van der Waals surface area (Å²) in [6.07, 6.45) is 2.99. The monoisotopic (exact) mass is 215 g/mol. The van der Waals surface area contributed by atoms with E-state index >= 15 is 0 Å². The molecule has 0 bridgehead atoms. The van der Waals surface area contributed by atoms with E-state index in [1.807, 2.05) is 0 Å². The Morgan fingerprint density at radius 1 is 1.53 bits per heavy atom. The van der Waals surface area contributed by atoms with E-state index in [2.05, 4.69) is 4.74 Å². The lowest BCUT2D eigenvalue weighted by molar-refractivity contribution is -0.153. The van der Waals surface area contributed by atoms with Crippen molar-refractivity contribution in [2.24, 2.45) is 11.1 Å². The fourth-order valence-electron chi connectivity index (χ4n) is 2.07. The van der Waals surface area contributed by atoms with Crippen LogP contribution in [0.5, 0.6) is 0 Å². The molecule has 0 atom stereocenters. The van der Waals surface area contributed by atoms with Gasteiger partial charge in [0, 0.05) is 6.04 Å². The molecule has 86 valence electrons. The van der Waals surface area contributed by atoms with E-state index in [4.69, 9.17) is 5.73 Å². The molecule has 0 aliphatic heterocycles. The highest BCUT2D eigenvalue weighted by molar-refractivity contribution is 5.74. The van der Waals surface area contributed by atoms with Crippen LogP contribution in [0.25, 0.3) is 0 Å². The van der Waals surface area contributed by atoms with Crippen LogP contribution in [0, 0.1) is 5.41 Å². The molecule has 1 aliphatic carbocycles. The predicted molar refractivity (Wildman–Crippen MR) is 53.1 cm³/mol. The SMILES string of the molecule is NC1CCC(CCOC=O)(C(=O)O)CC1. The third-order valence-electron chi connectivity index (χ3n) is 3.21. The summed E-state index contributed by atoms with van der Waals surface area (Å²) >= 11 is 0. The number of carboxylic acids is 1. The van der Waals surface area contributed by atoms with Gasteiger partial charge in [0.05, 0.1) is 12.0 Å². The van der Waals surface area contributed by atoms with E-state index in [0.29, 0.717) is 25.7 Å². The molecule has 3 N–H and O–H groups in total. The Kier molecular flexibility index (Phi) is 4.08. The standard InChI is InChI=1S/C10H17NO4/c11-8-1-3-10(4-2-8,9(13)14)5-6-15-7-12/h7-8H,1-6,11H2,(H,13,14). The van der Waals surface area contributed by atoms with Gasteiger partial charge in [-0.25, -0.2) is 0 Å². The third kappa shape index (κ3) is 2.92. The van der Waals surface area contributed by atoms with Gasteiger partial charge in [-0.3, -0.25) is 9.59 Å². The summed E-state index contributed by atoms with van der Waals surface area (Å²) in [6.45, 7) is 0.523. The minimum Gasteiger partial charge on any atom is -0.481 e. The Bertz CT molecular complexity index is 234. The largest absolute Gasteiger partial charge is 0.481 e. The lowest BCUT2D eigenvalue weighted by Gasteiger charge is -2.35. The van der Waals surface area contributed by atoms with Crippen LogP contribution in [0.2, 0.25) is 0 Å². The summed E-state index contributed by atoms with van der Waals surface area (Å²) in [6, 6.07) is 0.115. The van der Waals surface area contributed by atoms with Crippen LogP contribution in [0.15, 0.2) is 0 Å². The van der Waals surface area contributed by atoms with Gasteiger partial charge in [-0.15, -0.1) is 0 Å². The first-order chi connectivity index (χ1) is 7.10. The molecular weight excluding hydrogens is 198 g/mol. The smallest absolute Gasteiger partial charge is 0.309 e. The van der Waals surface area contributed by atoms with Crippen molar-refractivity contribution >= 4 is 12.4 Å². The number of rotatable bonds is 5. The number of ether oxygens (including phenoxy) is 1. The lowest BCUT2D eigenvalue weighted by atomic mass is 9.71. The van der Waals surface area contributed by atoms with Crippen molar-refractivity contribution in [3.63, 3.8) is 0 Å². The number of aliphatic carboxylic acids is 1. The maximum atomic E-state index is 11.2. The van der Waals surface area contributed by atoms with E-state index in [1.165, 1.54) is 0 Å². The highest BCUT2D eigenvalue weighted by Crippen LogP contribution is 2.39. The minimum atomic E-state index is -0.802. The molecule has 1 aliphatic rings. The molecule has 0 aromatic carbocycles. The summed E-state index contributed by atoms with van der Waals surface area (Å²) in [5.74, 6) is -0.802. The maximum absolute atomic E-state index is 11.2. The van der Waals surface area contributed by atoms with Crippen LogP contribution in [-0.2, 0) is 14.3 Å². The first-order valence-electron chi connectivity index (χ1n) is 5.15. The molecule has 15 heavy (non-hydrogen) atoms. The molecule has 1 rings (SSSR count). The van der Waals surface area contributed by atoms with Crippen molar-refractivity contribution in [2.75, 3.05) is 6.61 Å². The van der Waals surface area contributed by atoms with Gasteiger partial charge in [0.25, 0.3) is 6.47 Å². The summed E-state index contributed by atoms with van der Waals surface area (Å²) in [7, 11) is 0. The van der Waals surface area contributed by atoms with Gasteiger partial charge in [-0.1, -0.05) is 0 Å². The Morgan fingerprint density at radius 3 is 2.60 bits per heavy atom. The molecule has 1 fully saturated rings. The van der Waals surface area contributed by atoms with Crippen molar-refractivity contribution in [1.29, 1.82) is 0 Å². The number of carboxylic acid groups (broad SMARTS) is 1. The van der Waals surface area contributed by atoms with Crippen molar-refractivity contribution < 1.29 is 19.4 Å². The number of nitrogens with two attached hydrogens (primary N) is 1. The highest BCUT2D eigenvalue weighted by atomic mass is 16.5. The van der Waals surface area contributed by atoms with Gasteiger partial charge in [-0.2, -0.15) is 0 Å². The Balaban J connectivity index is 2.55. The molecule has 0 spiro atoms. The van der Waals surface area contributed by atoms with E-state index < -0.39 is 11.4 Å². The van der Waals surface area contributed by atoms with E-state index in [1.54, 1.807) is 0 Å². The average molecular weight is 215 g/mol. The molecule has 0 aromatic heterocycles. The number of hydrogen-bond acceptors (Lipinski definition) is 4. The minimum absolute atomic E-state index is 0.115. The van der Waals surface area contributed by atoms with Gasteiger partial charge >= 0.3 is 5.97 Å². The fourth-order valence-corrected chi connectivity index (χ4v) is 2.07. The number of hydrogen-bond donors (Lipinski definition) is 2. The highest BCUT2D eigenvalue weighted by Gasteiger charge is 2.40. The van der Waals surface area contributed by atoms with E-state index in [0.717, 1.165) is 12.8 Å². The molecule has 0 radical (unpaired) electrons. The van der Waals surface area contributed by atoms with Gasteiger partial charge in [-0.05, 0) is 32.1 Å². The molecule has 1 saturated carbocycles. The second kappa shape index (κ2) is 5.11. The zero-order valence-corrected chi connectivity index (χ0v) is 8.65. The summed E-state index contributed by atoms with van der Waals surface area (Å²) in [4.78, 5) is 21.2. The summed E-state index contributed by atoms with van der Waals surface area (Å²) in [5.41, 5.74) is 4.99. The normalized spacial score (nSPS) is 30.9. The Morgan fingerprint density at radius 2 is 2.13 bits per heavy atom. The quantitative estimate of drug-likeness (QED) is 0.515. The Hall–Kier alpha value is -1.10. The molecule has 5 nitrogen and oxygen atoms in total. The predicted octanol–water partition coefficient (Wildman–Crippen LogP) is 0.522. The first kappa shape index (κ1) is 12.0. The van der Waals surface area contributed by atoms with E-state index in [9.17, 15) is 14.7 Å². The fraction of sp³-hybridized carbons (Fsp3) is 0.800. The van der Waals surface area contributed by atoms with Gasteiger partial charge in [0.2, 0.25) is 0 Å². The molecule has 0 amide bonds. The molecule has 0 unspecified atom stereocenters. The van der Waals surface area contributed by atoms with Crippen LogP contribution in [0.3, 0.4) is 0 Å². The molecule has 0 aromatic rings. The second-order valence-corrected chi connectivity index (χ2v) is 4.14. The zero-order valence-electron chi connectivity index (χ0n) is 8.65. The van der Waals surface area contributed by atoms with Gasteiger partial charge in [0.1, 0.15) is 0 Å². The molecule has 0 saturated heterocycles. The lowest BCUT2D eigenvalue weighted by Crippen LogP contribution is -2.40. The Labute approximate surface area is 88.6 Å². The molecule has 0 heterocycles. The van der Waals surface area contributed by atoms with Crippen molar-refractivity contribution in [3.8, 4) is 0 Å². The van der Waals surface area contributed by atoms with Crippen molar-refractivity contribution in [1.82, 2.24) is 0 Å². The maximum Gasteiger partial charge on any atom is 0.309 e. The van der Waals surface area contributed by atoms with Crippen LogP contribution < -0.4 is 5.73 Å². The van der Waals surface area contributed by atoms with Gasteiger partial charge < -0.3 is 15.6 Å². The van der Waals surface area contributed by atoms with Crippen LogP contribution in [0.4, 0.5) is 0 Å². The van der Waals surface area contributed by atoms with Crippen LogP contribution in [0.1, 0.15) is 32.1 Å². The summed E-state index contributed by atoms with van der Waals surface area (Å²) < 4.78 is 4.56. The number of carbonyl (C=O) groups is 2. The first-order valence-corrected chi connectivity index (χ1v) is 5.15.